The number of nitrogens with zero attached hydrogens (tertiary/aromatic N) is 3. The number of azide groups is 1. The molecule has 0 aromatic heterocycles. The van der Waals surface area contributed by atoms with Gasteiger partial charge in [-0.15, -0.1) is 0 Å². The summed E-state index contributed by atoms with van der Waals surface area (Å²) in [6.07, 6.45) is 1.03. The second-order valence-electron chi connectivity index (χ2n) is 1.74. The maximum absolute atomic E-state index is 7.84. The van der Waals surface area contributed by atoms with E-state index in [-0.39, 0.29) is 0 Å². The third-order valence-electron chi connectivity index (χ3n) is 1.02. The molecule has 0 aliphatic rings. The zero-order valence-corrected chi connectivity index (χ0v) is 5.20. The lowest BCUT2D eigenvalue weighted by Crippen LogP contribution is -1.87. The molecule has 0 fully saturated rings. The van der Waals surface area contributed by atoms with Crippen molar-refractivity contribution in [1.82, 2.24) is 0 Å². The molecule has 45 valence electrons. The second-order valence-corrected chi connectivity index (χ2v) is 1.74. The molecule has 0 aromatic carbocycles. The topological polar surface area (TPSA) is 48.8 Å². The zero-order chi connectivity index (χ0) is 6.41. The lowest BCUT2D eigenvalue weighted by Gasteiger charge is -1.98. The Balaban J connectivity index is 3.23. The summed E-state index contributed by atoms with van der Waals surface area (Å²) in [4.78, 5) is 2.59. The van der Waals surface area contributed by atoms with Crippen LogP contribution in [0.4, 0.5) is 0 Å². The molecule has 0 aliphatic heterocycles. The lowest BCUT2D eigenvalue weighted by molar-refractivity contribution is 0.639. The molecular formula is C5H10N3. The smallest absolute Gasteiger partial charge is 0.0486 e. The number of hydrogen-bond donors (Lipinski definition) is 0. The van der Waals surface area contributed by atoms with E-state index in [2.05, 4.69) is 10.0 Å². The Morgan fingerprint density at radius 3 is 2.88 bits per heavy atom. The fourth-order valence-electron chi connectivity index (χ4n) is 0.249. The SMILES string of the molecule is CCC(C)[CH]N=[N+]=[N-]. The van der Waals surface area contributed by atoms with Crippen LogP contribution in [0.15, 0.2) is 5.11 Å². The van der Waals surface area contributed by atoms with Crippen LogP contribution in [0.3, 0.4) is 0 Å². The molecule has 8 heavy (non-hydrogen) atoms. The monoisotopic (exact) mass is 112 g/mol. The molecule has 0 bridgehead atoms. The van der Waals surface area contributed by atoms with Crippen molar-refractivity contribution < 1.29 is 0 Å². The normalized spacial score (nSPS) is 12.2. The van der Waals surface area contributed by atoms with E-state index in [1.54, 1.807) is 6.54 Å². The molecule has 0 rings (SSSR count). The quantitative estimate of drug-likeness (QED) is 0.306. The van der Waals surface area contributed by atoms with Gasteiger partial charge in [-0.25, -0.2) is 0 Å². The van der Waals surface area contributed by atoms with Crippen molar-refractivity contribution in [2.75, 3.05) is 0 Å². The van der Waals surface area contributed by atoms with Gasteiger partial charge in [0.2, 0.25) is 0 Å². The number of rotatable bonds is 3. The molecule has 0 saturated heterocycles. The second kappa shape index (κ2) is 4.47. The maximum Gasteiger partial charge on any atom is 0.0486 e. The molecule has 0 heterocycles. The van der Waals surface area contributed by atoms with E-state index < -0.39 is 0 Å². The van der Waals surface area contributed by atoms with Gasteiger partial charge in [0.05, 0.1) is 0 Å². The van der Waals surface area contributed by atoms with Crippen LogP contribution in [0.25, 0.3) is 10.4 Å². The van der Waals surface area contributed by atoms with Gasteiger partial charge in [0.25, 0.3) is 0 Å². The van der Waals surface area contributed by atoms with E-state index in [1.807, 2.05) is 13.8 Å². The molecule has 0 saturated carbocycles. The average Bonchev–Trinajstić information content (AvgIpc) is 1.83. The van der Waals surface area contributed by atoms with Crippen molar-refractivity contribution in [3.8, 4) is 0 Å². The molecule has 1 atom stereocenters. The minimum atomic E-state index is 0.408. The van der Waals surface area contributed by atoms with Gasteiger partial charge in [0.15, 0.2) is 0 Å². The fourth-order valence-corrected chi connectivity index (χ4v) is 0.249. The highest BCUT2D eigenvalue weighted by Gasteiger charge is 1.93. The molecule has 0 N–H and O–H groups in total. The summed E-state index contributed by atoms with van der Waals surface area (Å²) in [6.45, 7) is 5.67. The van der Waals surface area contributed by atoms with Crippen molar-refractivity contribution in [3.63, 3.8) is 0 Å². The first kappa shape index (κ1) is 7.31. The summed E-state index contributed by atoms with van der Waals surface area (Å²) in [5.41, 5.74) is 7.84. The fraction of sp³-hybridized carbons (Fsp3) is 0.800. The molecule has 1 radical (unpaired) electrons. The first-order valence-electron chi connectivity index (χ1n) is 2.68. The van der Waals surface area contributed by atoms with Crippen LogP contribution in [0.5, 0.6) is 0 Å². The van der Waals surface area contributed by atoms with Crippen LogP contribution in [0.1, 0.15) is 20.3 Å². The Morgan fingerprint density at radius 1 is 1.88 bits per heavy atom. The van der Waals surface area contributed by atoms with Crippen molar-refractivity contribution in [2.45, 2.75) is 20.3 Å². The Bertz CT molecular complexity index is 93.8. The lowest BCUT2D eigenvalue weighted by atomic mass is 10.1. The van der Waals surface area contributed by atoms with Gasteiger partial charge in [-0.3, -0.25) is 0 Å². The summed E-state index contributed by atoms with van der Waals surface area (Å²) in [6, 6.07) is 0. The van der Waals surface area contributed by atoms with Gasteiger partial charge in [-0.05, 0) is 11.4 Å². The number of hydrogen-bond acceptors (Lipinski definition) is 1. The summed E-state index contributed by atoms with van der Waals surface area (Å²) >= 11 is 0. The van der Waals surface area contributed by atoms with Crippen molar-refractivity contribution in [3.05, 3.63) is 17.0 Å². The summed E-state index contributed by atoms with van der Waals surface area (Å²) < 4.78 is 0. The standard InChI is InChI=1S/C5H10N3/c1-3-5(2)4-7-8-6/h4-5H,3H2,1-2H3. The van der Waals surface area contributed by atoms with E-state index in [4.69, 9.17) is 5.53 Å². The van der Waals surface area contributed by atoms with Crippen molar-refractivity contribution >= 4 is 0 Å². The first-order valence-corrected chi connectivity index (χ1v) is 2.68. The first-order chi connectivity index (χ1) is 3.81. The van der Waals surface area contributed by atoms with E-state index in [0.717, 1.165) is 6.42 Å². The van der Waals surface area contributed by atoms with E-state index in [9.17, 15) is 0 Å². The van der Waals surface area contributed by atoms with Crippen LogP contribution in [0, 0.1) is 12.5 Å². The average molecular weight is 112 g/mol. The van der Waals surface area contributed by atoms with Crippen LogP contribution < -0.4 is 0 Å². The third kappa shape index (κ3) is 3.50. The van der Waals surface area contributed by atoms with Crippen molar-refractivity contribution in [1.29, 1.82) is 0 Å². The maximum atomic E-state index is 7.84. The van der Waals surface area contributed by atoms with E-state index in [0.29, 0.717) is 5.92 Å². The van der Waals surface area contributed by atoms with Gasteiger partial charge in [-0.2, -0.15) is 0 Å². The molecule has 0 aliphatic carbocycles. The summed E-state index contributed by atoms with van der Waals surface area (Å²) in [5, 5.41) is 3.30. The van der Waals surface area contributed by atoms with Crippen molar-refractivity contribution in [2.24, 2.45) is 11.0 Å². The Hall–Kier alpha value is -0.690. The third-order valence-corrected chi connectivity index (χ3v) is 1.02. The zero-order valence-electron chi connectivity index (χ0n) is 5.20. The van der Waals surface area contributed by atoms with Crippen LogP contribution in [-0.2, 0) is 0 Å². The molecule has 0 spiro atoms. The molecule has 0 amide bonds. The predicted octanol–water partition coefficient (Wildman–Crippen LogP) is 2.50. The van der Waals surface area contributed by atoms with Gasteiger partial charge in [0, 0.05) is 11.5 Å². The van der Waals surface area contributed by atoms with E-state index in [1.165, 1.54) is 0 Å². The molecule has 1 unspecified atom stereocenters. The highest BCUT2D eigenvalue weighted by Crippen LogP contribution is 2.04. The molecule has 0 aromatic rings. The Morgan fingerprint density at radius 2 is 2.50 bits per heavy atom. The summed E-state index contributed by atoms with van der Waals surface area (Å²) in [5.74, 6) is 0.408. The largest absolute Gasteiger partial charge is 0.0899 e. The highest BCUT2D eigenvalue weighted by atomic mass is 15.1. The molecular weight excluding hydrogens is 102 g/mol. The van der Waals surface area contributed by atoms with Gasteiger partial charge in [-0.1, -0.05) is 25.4 Å². The highest BCUT2D eigenvalue weighted by molar-refractivity contribution is 4.67. The molecule has 3 heteroatoms. The summed E-state index contributed by atoms with van der Waals surface area (Å²) in [7, 11) is 0. The van der Waals surface area contributed by atoms with E-state index >= 15 is 0 Å². The van der Waals surface area contributed by atoms with Crippen LogP contribution >= 0.6 is 0 Å². The Labute approximate surface area is 49.3 Å². The molecule has 3 nitrogen and oxygen atoms in total. The predicted molar refractivity (Wildman–Crippen MR) is 32.9 cm³/mol. The Kier molecular flexibility index (Phi) is 4.08. The van der Waals surface area contributed by atoms with Crippen LogP contribution in [-0.4, -0.2) is 0 Å². The van der Waals surface area contributed by atoms with Gasteiger partial charge in [0.1, 0.15) is 0 Å². The minimum Gasteiger partial charge on any atom is -0.0899 e. The minimum absolute atomic E-state index is 0.408. The van der Waals surface area contributed by atoms with Crippen LogP contribution in [0.2, 0.25) is 0 Å². The van der Waals surface area contributed by atoms with Gasteiger partial charge < -0.3 is 0 Å². The van der Waals surface area contributed by atoms with Gasteiger partial charge >= 0.3 is 0 Å².